The lowest BCUT2D eigenvalue weighted by atomic mass is 10.0. The van der Waals surface area contributed by atoms with Crippen LogP contribution in [0.5, 0.6) is 0 Å². The van der Waals surface area contributed by atoms with E-state index in [-0.39, 0.29) is 0 Å². The molecular formula is C22H16ClN5. The molecule has 1 aliphatic rings. The first kappa shape index (κ1) is 16.7. The van der Waals surface area contributed by atoms with Crippen LogP contribution in [0.1, 0.15) is 5.56 Å². The highest BCUT2D eigenvalue weighted by molar-refractivity contribution is 6.30. The Kier molecular flexibility index (Phi) is 4.14. The summed E-state index contributed by atoms with van der Waals surface area (Å²) in [6.07, 6.45) is 5.48. The van der Waals surface area contributed by atoms with Gasteiger partial charge in [0.15, 0.2) is 0 Å². The molecule has 5 rings (SSSR count). The summed E-state index contributed by atoms with van der Waals surface area (Å²) >= 11 is 6.07. The predicted molar refractivity (Wildman–Crippen MR) is 113 cm³/mol. The lowest BCUT2D eigenvalue weighted by Gasteiger charge is -2.11. The molecule has 6 heteroatoms. The molecule has 0 saturated heterocycles. The minimum atomic E-state index is 0.575. The number of aromatic nitrogens is 3. The van der Waals surface area contributed by atoms with E-state index in [1.165, 1.54) is 0 Å². The van der Waals surface area contributed by atoms with Gasteiger partial charge in [0.1, 0.15) is 0 Å². The summed E-state index contributed by atoms with van der Waals surface area (Å²) in [6.45, 7) is 0.597. The Labute approximate surface area is 167 Å². The molecule has 0 saturated carbocycles. The molecule has 3 heterocycles. The van der Waals surface area contributed by atoms with Crippen molar-refractivity contribution >= 4 is 28.9 Å². The molecule has 4 aromatic rings. The van der Waals surface area contributed by atoms with Gasteiger partial charge in [0.25, 0.3) is 0 Å². The van der Waals surface area contributed by atoms with Crippen LogP contribution in [0, 0.1) is 0 Å². The van der Waals surface area contributed by atoms with E-state index in [1.54, 1.807) is 6.20 Å². The van der Waals surface area contributed by atoms with Crippen LogP contribution in [0.15, 0.2) is 73.2 Å². The molecule has 0 unspecified atom stereocenters. The molecule has 5 nitrogen and oxygen atoms in total. The van der Waals surface area contributed by atoms with E-state index in [9.17, 15) is 0 Å². The van der Waals surface area contributed by atoms with Crippen molar-refractivity contribution in [3.63, 3.8) is 0 Å². The first-order chi connectivity index (χ1) is 13.8. The Morgan fingerprint density at radius 2 is 1.82 bits per heavy atom. The lowest BCUT2D eigenvalue weighted by molar-refractivity contribution is 1.06. The van der Waals surface area contributed by atoms with Gasteiger partial charge in [-0.1, -0.05) is 41.9 Å². The molecule has 0 aliphatic carbocycles. The molecule has 0 amide bonds. The second-order valence-electron chi connectivity index (χ2n) is 6.53. The third-order valence-electron chi connectivity index (χ3n) is 4.69. The zero-order chi connectivity index (χ0) is 18.9. The van der Waals surface area contributed by atoms with Crippen molar-refractivity contribution < 1.29 is 0 Å². The molecule has 28 heavy (non-hydrogen) atoms. The molecule has 0 radical (unpaired) electrons. The van der Waals surface area contributed by atoms with E-state index in [4.69, 9.17) is 16.6 Å². The number of benzene rings is 2. The van der Waals surface area contributed by atoms with Crippen molar-refractivity contribution in [1.82, 2.24) is 15.0 Å². The monoisotopic (exact) mass is 385 g/mol. The van der Waals surface area contributed by atoms with Crippen molar-refractivity contribution in [1.29, 1.82) is 0 Å². The SMILES string of the molecule is Clc1cccc(CNc2ncc3c(n2)-c2ccccc2Nc2cnccc2-3)c1. The molecule has 0 fully saturated rings. The normalized spacial score (nSPS) is 11.5. The number of hydrogen-bond acceptors (Lipinski definition) is 5. The van der Waals surface area contributed by atoms with Gasteiger partial charge in [0.05, 0.1) is 17.6 Å². The Morgan fingerprint density at radius 3 is 2.75 bits per heavy atom. The van der Waals surface area contributed by atoms with Crippen LogP contribution in [0.4, 0.5) is 17.3 Å². The van der Waals surface area contributed by atoms with Crippen molar-refractivity contribution in [2.24, 2.45) is 0 Å². The fourth-order valence-corrected chi connectivity index (χ4v) is 3.58. The van der Waals surface area contributed by atoms with Crippen molar-refractivity contribution in [2.45, 2.75) is 6.54 Å². The fraction of sp³-hybridized carbons (Fsp3) is 0.0455. The number of nitrogens with one attached hydrogen (secondary N) is 2. The number of rotatable bonds is 3. The van der Waals surface area contributed by atoms with Crippen LogP contribution in [-0.4, -0.2) is 15.0 Å². The van der Waals surface area contributed by atoms with Crippen LogP contribution >= 0.6 is 11.6 Å². The number of para-hydroxylation sites is 1. The van der Waals surface area contributed by atoms with Gasteiger partial charge in [-0.25, -0.2) is 9.97 Å². The fourth-order valence-electron chi connectivity index (χ4n) is 3.37. The molecule has 0 spiro atoms. The van der Waals surface area contributed by atoms with Crippen LogP contribution in [0.2, 0.25) is 5.02 Å². The minimum absolute atomic E-state index is 0.575. The first-order valence-corrected chi connectivity index (χ1v) is 9.32. The highest BCUT2D eigenvalue weighted by Crippen LogP contribution is 2.42. The standard InChI is InChI=1S/C22H16ClN5/c23-15-5-3-4-14(10-15)11-25-22-26-12-18-16-8-9-24-13-20(16)27-19-7-2-1-6-17(19)21(18)28-22/h1-10,12-13,27H,11H2,(H,25,26,28). The Balaban J connectivity index is 1.57. The molecule has 2 aromatic carbocycles. The average Bonchev–Trinajstić information content (AvgIpc) is 2.87. The summed E-state index contributed by atoms with van der Waals surface area (Å²) in [7, 11) is 0. The van der Waals surface area contributed by atoms with E-state index in [2.05, 4.69) is 26.7 Å². The van der Waals surface area contributed by atoms with E-state index in [1.807, 2.05) is 60.9 Å². The number of anilines is 3. The maximum absolute atomic E-state index is 6.07. The largest absolute Gasteiger partial charge is 0.353 e. The van der Waals surface area contributed by atoms with Crippen LogP contribution in [-0.2, 0) is 6.54 Å². The van der Waals surface area contributed by atoms with Gasteiger partial charge >= 0.3 is 0 Å². The Bertz CT molecular complexity index is 1170. The number of pyridine rings is 1. The van der Waals surface area contributed by atoms with Gasteiger partial charge in [0, 0.05) is 46.3 Å². The van der Waals surface area contributed by atoms with E-state index in [0.717, 1.165) is 39.3 Å². The smallest absolute Gasteiger partial charge is 0.223 e. The van der Waals surface area contributed by atoms with Gasteiger partial charge in [-0.3, -0.25) is 4.98 Å². The maximum atomic E-state index is 6.07. The summed E-state index contributed by atoms with van der Waals surface area (Å²) in [5.74, 6) is 0.575. The molecule has 136 valence electrons. The summed E-state index contributed by atoms with van der Waals surface area (Å²) in [6, 6.07) is 17.9. The highest BCUT2D eigenvalue weighted by Gasteiger charge is 2.21. The van der Waals surface area contributed by atoms with Gasteiger partial charge in [-0.15, -0.1) is 0 Å². The van der Waals surface area contributed by atoms with Crippen LogP contribution in [0.3, 0.4) is 0 Å². The van der Waals surface area contributed by atoms with Gasteiger partial charge in [0.2, 0.25) is 5.95 Å². The quantitative estimate of drug-likeness (QED) is 0.427. The van der Waals surface area contributed by atoms with Crippen molar-refractivity contribution in [2.75, 3.05) is 10.6 Å². The Morgan fingerprint density at radius 1 is 0.893 bits per heavy atom. The number of halogens is 1. The highest BCUT2D eigenvalue weighted by atomic mass is 35.5. The van der Waals surface area contributed by atoms with Crippen LogP contribution in [0.25, 0.3) is 22.4 Å². The van der Waals surface area contributed by atoms with Crippen molar-refractivity contribution in [3.05, 3.63) is 83.8 Å². The van der Waals surface area contributed by atoms with Crippen LogP contribution < -0.4 is 10.6 Å². The minimum Gasteiger partial charge on any atom is -0.353 e. The molecule has 0 bridgehead atoms. The maximum Gasteiger partial charge on any atom is 0.223 e. The second kappa shape index (κ2) is 6.94. The second-order valence-corrected chi connectivity index (χ2v) is 6.97. The molecule has 0 atom stereocenters. The summed E-state index contributed by atoms with van der Waals surface area (Å²) in [5.41, 5.74) is 6.93. The molecule has 2 N–H and O–H groups in total. The number of hydrogen-bond donors (Lipinski definition) is 2. The van der Waals surface area contributed by atoms with Gasteiger partial charge in [-0.2, -0.15) is 0 Å². The predicted octanol–water partition coefficient (Wildman–Crippen LogP) is 5.53. The van der Waals surface area contributed by atoms with E-state index in [0.29, 0.717) is 17.5 Å². The zero-order valence-corrected chi connectivity index (χ0v) is 15.6. The lowest BCUT2D eigenvalue weighted by Crippen LogP contribution is -2.05. The zero-order valence-electron chi connectivity index (χ0n) is 14.9. The molecule has 2 aromatic heterocycles. The summed E-state index contributed by atoms with van der Waals surface area (Å²) < 4.78 is 0. The van der Waals surface area contributed by atoms with Gasteiger partial charge in [-0.05, 0) is 29.8 Å². The Hall–Kier alpha value is -3.44. The van der Waals surface area contributed by atoms with E-state index < -0.39 is 0 Å². The number of fused-ring (bicyclic) bond motifs is 5. The van der Waals surface area contributed by atoms with E-state index >= 15 is 0 Å². The summed E-state index contributed by atoms with van der Waals surface area (Å²) in [5, 5.41) is 7.48. The van der Waals surface area contributed by atoms with Gasteiger partial charge < -0.3 is 10.6 Å². The summed E-state index contributed by atoms with van der Waals surface area (Å²) in [4.78, 5) is 13.6. The molecular weight excluding hydrogens is 370 g/mol. The average molecular weight is 386 g/mol. The molecule has 1 aliphatic heterocycles. The topological polar surface area (TPSA) is 62.7 Å². The van der Waals surface area contributed by atoms with Crippen molar-refractivity contribution in [3.8, 4) is 22.4 Å². The third-order valence-corrected chi connectivity index (χ3v) is 4.93. The third kappa shape index (κ3) is 3.06. The first-order valence-electron chi connectivity index (χ1n) is 8.94. The number of nitrogens with zero attached hydrogens (tertiary/aromatic N) is 3.